The number of aromatic nitrogens is 5. The summed E-state index contributed by atoms with van der Waals surface area (Å²) in [6.45, 7) is 10.5. The number of ether oxygens (including phenoxy) is 3. The Labute approximate surface area is 387 Å². The second kappa shape index (κ2) is 19.3. The van der Waals surface area contributed by atoms with E-state index >= 15 is 0 Å². The molecule has 0 saturated carbocycles. The van der Waals surface area contributed by atoms with E-state index in [9.17, 15) is 24.9 Å². The molecule has 9 heterocycles. The first kappa shape index (κ1) is 46.3. The molecule has 1 fully saturated rings. The van der Waals surface area contributed by atoms with Crippen molar-refractivity contribution in [2.24, 2.45) is 0 Å². The molecule has 3 N–H and O–H groups in total. The molecule has 11 rings (SSSR count). The predicted molar refractivity (Wildman–Crippen MR) is 240 cm³/mol. The summed E-state index contributed by atoms with van der Waals surface area (Å²) in [5.41, 5.74) is 10.4. The van der Waals surface area contributed by atoms with Crippen molar-refractivity contribution in [3.05, 3.63) is 126 Å². The number of aliphatic hydroxyl groups excluding tert-OH is 3. The first-order valence-electron chi connectivity index (χ1n) is 21.0. The number of nitrogens with zero attached hydrogens (tertiary/aromatic N) is 5. The summed E-state index contributed by atoms with van der Waals surface area (Å²) in [6.07, 6.45) is 11.1. The van der Waals surface area contributed by atoms with Crippen LogP contribution in [0.3, 0.4) is 0 Å². The zero-order valence-electron chi connectivity index (χ0n) is 35.8. The average Bonchev–Trinajstić information content (AvgIpc) is 3.91. The number of hydrogen-bond acceptors (Lipinski definition) is 15. The third kappa shape index (κ3) is 9.68. The molecule has 0 amide bonds. The lowest BCUT2D eigenvalue weighted by Crippen LogP contribution is -2.41. The quantitative estimate of drug-likeness (QED) is 0.134. The minimum Gasteiger partial charge on any atom is -0.399 e. The van der Waals surface area contributed by atoms with E-state index in [0.29, 0.717) is 58.9 Å². The third-order valence-electron chi connectivity index (χ3n) is 12.4. The molecule has 3 unspecified atom stereocenters. The summed E-state index contributed by atoms with van der Waals surface area (Å²) < 4.78 is 29.8. The van der Waals surface area contributed by atoms with Crippen molar-refractivity contribution in [2.45, 2.75) is 103 Å². The highest BCUT2D eigenvalue weighted by Gasteiger charge is 2.52. The standard InChI is InChI=1S/C16H14N2O3.C14H20BNO4.C8H8BrNO2.C8H6BrNO/c19-15-4-3-13-9(15)1-2-14(18-13)10-5-17-6-11-12(10)7-21-8-16(11)20;1-13(2)14(3,4)20-15(19-13)11-6-16-5-9-10(11)7-18-8-12(9)17;9-7-2-10-1-5-6(7)3-12-4-8(5)11;9-8-4-1-5-6(10-8)2-3-7(5)11/h1-2,5-6,16,20H,3-4,7-8H2;5-6,12,17H,7-8H2,1-4H3;1-2,8,11H,3-4H2;1,4H,2-3H2. The number of aliphatic hydroxyl groups is 3. The number of hydrogen-bond donors (Lipinski definition) is 3. The lowest BCUT2D eigenvalue weighted by Gasteiger charge is -2.32. The van der Waals surface area contributed by atoms with Crippen LogP contribution in [-0.2, 0) is 56.2 Å². The van der Waals surface area contributed by atoms with Gasteiger partial charge in [0.2, 0.25) is 0 Å². The molecule has 1 saturated heterocycles. The van der Waals surface area contributed by atoms with E-state index in [0.717, 1.165) is 88.1 Å². The van der Waals surface area contributed by atoms with Gasteiger partial charge in [-0.3, -0.25) is 29.5 Å². The van der Waals surface area contributed by atoms with E-state index in [-0.39, 0.29) is 11.6 Å². The molecule has 5 aromatic heterocycles. The monoisotopic (exact) mass is 999 g/mol. The molecule has 334 valence electrons. The van der Waals surface area contributed by atoms with E-state index < -0.39 is 36.6 Å². The Morgan fingerprint density at radius 3 is 1.66 bits per heavy atom. The summed E-state index contributed by atoms with van der Waals surface area (Å²) in [7, 11) is -0.476. The van der Waals surface area contributed by atoms with E-state index in [4.69, 9.17) is 23.5 Å². The maximum absolute atomic E-state index is 11.7. The maximum Gasteiger partial charge on any atom is 0.496 e. The lowest BCUT2D eigenvalue weighted by molar-refractivity contribution is 0.00578. The molecule has 0 bridgehead atoms. The van der Waals surface area contributed by atoms with Crippen LogP contribution in [0.2, 0.25) is 0 Å². The van der Waals surface area contributed by atoms with Gasteiger partial charge in [0.25, 0.3) is 0 Å². The molecule has 64 heavy (non-hydrogen) atoms. The van der Waals surface area contributed by atoms with Crippen molar-refractivity contribution in [2.75, 3.05) is 19.8 Å². The van der Waals surface area contributed by atoms with Gasteiger partial charge in [-0.2, -0.15) is 0 Å². The van der Waals surface area contributed by atoms with Crippen molar-refractivity contribution < 1.29 is 48.4 Å². The Balaban J connectivity index is 0.000000121. The summed E-state index contributed by atoms with van der Waals surface area (Å²) in [4.78, 5) is 44.0. The van der Waals surface area contributed by atoms with Crippen LogP contribution in [0.1, 0.15) is 124 Å². The minimum atomic E-state index is -0.641. The van der Waals surface area contributed by atoms with E-state index in [1.54, 1.807) is 37.2 Å². The minimum absolute atomic E-state index is 0.163. The van der Waals surface area contributed by atoms with Crippen LogP contribution in [0.5, 0.6) is 0 Å². The van der Waals surface area contributed by atoms with Gasteiger partial charge in [0.05, 0.1) is 67.9 Å². The van der Waals surface area contributed by atoms with Crippen LogP contribution in [0, 0.1) is 0 Å². The van der Waals surface area contributed by atoms with E-state index in [1.807, 2.05) is 52.0 Å². The second-order valence-corrected chi connectivity index (χ2v) is 18.8. The number of fused-ring (bicyclic) bond motifs is 5. The van der Waals surface area contributed by atoms with Crippen molar-refractivity contribution in [1.29, 1.82) is 0 Å². The Morgan fingerprint density at radius 2 is 1.06 bits per heavy atom. The number of halogens is 2. The third-order valence-corrected chi connectivity index (χ3v) is 13.5. The van der Waals surface area contributed by atoms with Gasteiger partial charge in [0.1, 0.15) is 22.9 Å². The molecule has 18 heteroatoms. The molecular formula is C46H48BBr2N5O10. The number of aryl methyl sites for hydroxylation is 2. The molecule has 2 aliphatic carbocycles. The lowest BCUT2D eigenvalue weighted by atomic mass is 9.75. The number of carbonyl (C=O) groups is 2. The first-order valence-corrected chi connectivity index (χ1v) is 22.6. The fraction of sp³-hybridized carbons (Fsp3) is 0.413. The maximum atomic E-state index is 11.7. The van der Waals surface area contributed by atoms with Crippen LogP contribution in [0.25, 0.3) is 11.3 Å². The predicted octanol–water partition coefficient (Wildman–Crippen LogP) is 6.16. The Morgan fingerprint density at radius 1 is 0.578 bits per heavy atom. The van der Waals surface area contributed by atoms with Crippen LogP contribution in [0.15, 0.2) is 70.5 Å². The van der Waals surface area contributed by atoms with Gasteiger partial charge < -0.3 is 38.8 Å². The molecule has 0 aromatic carbocycles. The number of pyridine rings is 5. The van der Waals surface area contributed by atoms with Crippen molar-refractivity contribution >= 4 is 56.0 Å². The van der Waals surface area contributed by atoms with Gasteiger partial charge in [-0.25, -0.2) is 4.98 Å². The Hall–Kier alpha value is -4.21. The zero-order valence-corrected chi connectivity index (χ0v) is 39.0. The smallest absolute Gasteiger partial charge is 0.399 e. The van der Waals surface area contributed by atoms with Gasteiger partial charge in [0.15, 0.2) is 11.6 Å². The molecule has 0 radical (unpaired) electrons. The van der Waals surface area contributed by atoms with Crippen molar-refractivity contribution in [3.63, 3.8) is 0 Å². The summed E-state index contributed by atoms with van der Waals surface area (Å²) >= 11 is 6.62. The fourth-order valence-corrected chi connectivity index (χ4v) is 8.88. The SMILES string of the molecule is CC1(C)OB(c2cncc3c2COCC3O)OC1(C)C.O=C1CCc2nc(-c3cncc4c3COCC4O)ccc21.O=C1CCc2nc(Br)ccc21.OC1COCc2c(Br)cncc21. The molecule has 0 spiro atoms. The van der Waals surface area contributed by atoms with Crippen molar-refractivity contribution in [3.8, 4) is 11.3 Å². The van der Waals surface area contributed by atoms with Gasteiger partial charge in [-0.1, -0.05) is 0 Å². The highest BCUT2D eigenvalue weighted by Crippen LogP contribution is 2.38. The van der Waals surface area contributed by atoms with Crippen LogP contribution in [0.4, 0.5) is 0 Å². The van der Waals surface area contributed by atoms with Gasteiger partial charge in [-0.05, 0) is 108 Å². The number of Topliss-reactive ketones (excluding diaryl/α,β-unsaturated/α-hetero) is 2. The summed E-state index contributed by atoms with van der Waals surface area (Å²) in [5.74, 6) is 0.385. The first-order chi connectivity index (χ1) is 30.6. The van der Waals surface area contributed by atoms with Crippen LogP contribution in [-0.4, -0.2) is 89.9 Å². The average molecular weight is 1000 g/mol. The highest BCUT2D eigenvalue weighted by atomic mass is 79.9. The van der Waals surface area contributed by atoms with E-state index in [2.05, 4.69) is 56.8 Å². The van der Waals surface area contributed by atoms with Crippen LogP contribution < -0.4 is 5.46 Å². The van der Waals surface area contributed by atoms with Gasteiger partial charge in [-0.15, -0.1) is 0 Å². The largest absolute Gasteiger partial charge is 0.496 e. The molecule has 6 aliphatic rings. The summed E-state index contributed by atoms with van der Waals surface area (Å²) in [5, 5.41) is 29.5. The van der Waals surface area contributed by atoms with Gasteiger partial charge >= 0.3 is 7.12 Å². The number of rotatable bonds is 2. The van der Waals surface area contributed by atoms with Crippen molar-refractivity contribution in [1.82, 2.24) is 24.9 Å². The zero-order chi connectivity index (χ0) is 45.3. The van der Waals surface area contributed by atoms with E-state index in [1.165, 1.54) is 0 Å². The molecule has 4 aliphatic heterocycles. The molecule has 15 nitrogen and oxygen atoms in total. The molecule has 5 aromatic rings. The second-order valence-electron chi connectivity index (χ2n) is 17.1. The van der Waals surface area contributed by atoms with Gasteiger partial charge in [0, 0.05) is 98.9 Å². The Kier molecular flexibility index (Phi) is 14.0. The molecule has 3 atom stereocenters. The van der Waals surface area contributed by atoms with Crippen LogP contribution >= 0.6 is 31.9 Å². The normalized spacial score (nSPS) is 22.0. The summed E-state index contributed by atoms with van der Waals surface area (Å²) in [6, 6.07) is 7.33. The highest BCUT2D eigenvalue weighted by molar-refractivity contribution is 9.10. The number of carbonyl (C=O) groups excluding carboxylic acids is 2. The number of ketones is 2. The topological polar surface area (TPSA) is 205 Å². The fourth-order valence-electron chi connectivity index (χ4n) is 8.07. The molecular weight excluding hydrogens is 953 g/mol. The Bertz CT molecular complexity index is 2570.